The lowest BCUT2D eigenvalue weighted by atomic mass is 9.77. The van der Waals surface area contributed by atoms with Gasteiger partial charge in [0.2, 0.25) is 7.37 Å². The largest absolute Gasteiger partial charge is 0.465 e. The summed E-state index contributed by atoms with van der Waals surface area (Å²) in [5.41, 5.74) is 4.25. The van der Waals surface area contributed by atoms with Crippen molar-refractivity contribution < 1.29 is 19.0 Å². The van der Waals surface area contributed by atoms with Crippen molar-refractivity contribution in [3.8, 4) is 0 Å². The Balaban J connectivity index is 1.87. The first-order valence-electron chi connectivity index (χ1n) is 12.3. The molecule has 3 unspecified atom stereocenters. The first kappa shape index (κ1) is 25.2. The smallest absolute Gasteiger partial charge is 0.313 e. The van der Waals surface area contributed by atoms with Crippen LogP contribution in [-0.4, -0.2) is 17.5 Å². The van der Waals surface area contributed by atoms with E-state index in [2.05, 4.69) is 6.92 Å². The van der Waals surface area contributed by atoms with E-state index in [0.29, 0.717) is 13.0 Å². The molecule has 5 heteroatoms. The third-order valence-corrected chi connectivity index (χ3v) is 9.47. The van der Waals surface area contributed by atoms with Gasteiger partial charge in [0.1, 0.15) is 0 Å². The summed E-state index contributed by atoms with van der Waals surface area (Å²) >= 11 is 0. The summed E-state index contributed by atoms with van der Waals surface area (Å²) in [4.78, 5) is 24.8. The summed E-state index contributed by atoms with van der Waals surface area (Å²) in [5, 5.41) is -1.16. The molecule has 35 heavy (non-hydrogen) atoms. The highest BCUT2D eigenvalue weighted by atomic mass is 31.2. The Labute approximate surface area is 208 Å². The van der Waals surface area contributed by atoms with Gasteiger partial charge in [-0.05, 0) is 47.6 Å². The van der Waals surface area contributed by atoms with E-state index in [-0.39, 0.29) is 12.1 Å². The third-order valence-electron chi connectivity index (χ3n) is 6.88. The van der Waals surface area contributed by atoms with Gasteiger partial charge in [-0.1, -0.05) is 104 Å². The molecule has 1 aliphatic rings. The SMILES string of the molecule is CCCCOC(=O)C(C)C1=CC(c2ccccc2)(P(=O)(O)Cc2ccccc2)Cc2ccccc21. The highest BCUT2D eigenvalue weighted by Crippen LogP contribution is 2.66. The van der Waals surface area contributed by atoms with E-state index in [1.165, 1.54) is 0 Å². The van der Waals surface area contributed by atoms with Crippen molar-refractivity contribution in [3.63, 3.8) is 0 Å². The molecule has 4 rings (SSSR count). The molecule has 0 saturated carbocycles. The standard InChI is InChI=1S/C30H33O4P/c1-3-4-19-34-29(31)23(2)28-21-30(26-16-9-6-10-17-26,20-25-15-11-12-18-27(25)28)35(32,33)22-24-13-7-5-8-14-24/h5-18,21,23H,3-4,19-20,22H2,1-2H3,(H,32,33). The van der Waals surface area contributed by atoms with E-state index in [1.807, 2.05) is 97.9 Å². The van der Waals surface area contributed by atoms with Gasteiger partial charge in [-0.2, -0.15) is 0 Å². The van der Waals surface area contributed by atoms with Crippen molar-refractivity contribution in [2.75, 3.05) is 6.61 Å². The molecular weight excluding hydrogens is 455 g/mol. The number of hydrogen-bond acceptors (Lipinski definition) is 3. The molecule has 0 bridgehead atoms. The van der Waals surface area contributed by atoms with Crippen LogP contribution in [0.4, 0.5) is 0 Å². The van der Waals surface area contributed by atoms with Gasteiger partial charge in [0.05, 0.1) is 23.8 Å². The lowest BCUT2D eigenvalue weighted by Crippen LogP contribution is -2.33. The molecule has 0 fully saturated rings. The zero-order valence-corrected chi connectivity index (χ0v) is 21.3. The molecule has 182 valence electrons. The van der Waals surface area contributed by atoms with Crippen LogP contribution < -0.4 is 0 Å². The highest BCUT2D eigenvalue weighted by molar-refractivity contribution is 7.58. The first-order valence-corrected chi connectivity index (χ1v) is 14.1. The van der Waals surface area contributed by atoms with E-state index in [9.17, 15) is 14.3 Å². The third kappa shape index (κ3) is 5.19. The van der Waals surface area contributed by atoms with Crippen molar-refractivity contribution in [2.24, 2.45) is 5.92 Å². The molecule has 3 aromatic carbocycles. The lowest BCUT2D eigenvalue weighted by Gasteiger charge is -2.41. The molecule has 0 amide bonds. The number of esters is 1. The van der Waals surface area contributed by atoms with Gasteiger partial charge in [0, 0.05) is 0 Å². The number of carbonyl (C=O) groups is 1. The van der Waals surface area contributed by atoms with Crippen LogP contribution in [0.2, 0.25) is 0 Å². The average Bonchev–Trinajstić information content (AvgIpc) is 2.88. The second-order valence-corrected chi connectivity index (χ2v) is 11.8. The Hall–Kier alpha value is -2.94. The number of allylic oxidation sites excluding steroid dienone is 1. The van der Waals surface area contributed by atoms with Crippen LogP contribution in [-0.2, 0) is 31.8 Å². The highest BCUT2D eigenvalue weighted by Gasteiger charge is 2.50. The quantitative estimate of drug-likeness (QED) is 0.201. The van der Waals surface area contributed by atoms with Crippen LogP contribution in [0.5, 0.6) is 0 Å². The molecule has 0 aliphatic heterocycles. The Morgan fingerprint density at radius 2 is 1.63 bits per heavy atom. The van der Waals surface area contributed by atoms with E-state index >= 15 is 0 Å². The van der Waals surface area contributed by atoms with Crippen LogP contribution in [0.15, 0.2) is 91.0 Å². The van der Waals surface area contributed by atoms with Crippen LogP contribution >= 0.6 is 7.37 Å². The minimum atomic E-state index is -3.86. The average molecular weight is 489 g/mol. The number of rotatable bonds is 9. The van der Waals surface area contributed by atoms with Crippen LogP contribution in [0.25, 0.3) is 5.57 Å². The number of unbranched alkanes of at least 4 members (excludes halogenated alkanes) is 1. The van der Waals surface area contributed by atoms with Crippen molar-refractivity contribution in [3.05, 3.63) is 113 Å². The monoisotopic (exact) mass is 488 g/mol. The number of carbonyl (C=O) groups excluding carboxylic acids is 1. The normalized spacial score (nSPS) is 19.7. The van der Waals surface area contributed by atoms with Gasteiger partial charge in [-0.25, -0.2) is 0 Å². The number of benzene rings is 3. The zero-order chi connectivity index (χ0) is 24.9. The first-order chi connectivity index (χ1) is 16.9. The number of fused-ring (bicyclic) bond motifs is 1. The Kier molecular flexibility index (Phi) is 7.74. The predicted molar refractivity (Wildman–Crippen MR) is 141 cm³/mol. The summed E-state index contributed by atoms with van der Waals surface area (Å²) in [6, 6.07) is 26.9. The van der Waals surface area contributed by atoms with Crippen LogP contribution in [0.3, 0.4) is 0 Å². The van der Waals surface area contributed by atoms with E-state index in [1.54, 1.807) is 0 Å². The fraction of sp³-hybridized carbons (Fsp3) is 0.300. The van der Waals surface area contributed by atoms with Crippen LogP contribution in [0.1, 0.15) is 48.9 Å². The van der Waals surface area contributed by atoms with Crippen LogP contribution in [0, 0.1) is 5.92 Å². The summed E-state index contributed by atoms with van der Waals surface area (Å²) in [5.74, 6) is -0.868. The van der Waals surface area contributed by atoms with E-state index in [0.717, 1.165) is 40.7 Å². The lowest BCUT2D eigenvalue weighted by molar-refractivity contribution is -0.146. The van der Waals surface area contributed by atoms with Gasteiger partial charge in [-0.15, -0.1) is 0 Å². The predicted octanol–water partition coefficient (Wildman–Crippen LogP) is 6.97. The molecule has 0 heterocycles. The van der Waals surface area contributed by atoms with E-state index < -0.39 is 18.4 Å². The van der Waals surface area contributed by atoms with Gasteiger partial charge in [-0.3, -0.25) is 9.36 Å². The van der Waals surface area contributed by atoms with E-state index in [4.69, 9.17) is 4.74 Å². The molecule has 1 N–H and O–H groups in total. The molecule has 1 aliphatic carbocycles. The minimum absolute atomic E-state index is 0.0456. The summed E-state index contributed by atoms with van der Waals surface area (Å²) in [6.07, 6.45) is 4.08. The minimum Gasteiger partial charge on any atom is -0.465 e. The molecule has 0 aromatic heterocycles. The van der Waals surface area contributed by atoms with Gasteiger partial charge in [0.25, 0.3) is 0 Å². The fourth-order valence-corrected chi connectivity index (χ4v) is 7.17. The van der Waals surface area contributed by atoms with Crippen molar-refractivity contribution in [1.29, 1.82) is 0 Å². The van der Waals surface area contributed by atoms with Crippen molar-refractivity contribution in [1.82, 2.24) is 0 Å². The number of ether oxygens (including phenoxy) is 1. The van der Waals surface area contributed by atoms with Gasteiger partial charge >= 0.3 is 5.97 Å². The number of hydrogen-bond donors (Lipinski definition) is 1. The Bertz CT molecular complexity index is 1240. The molecule has 0 spiro atoms. The maximum absolute atomic E-state index is 14.4. The summed E-state index contributed by atoms with van der Waals surface area (Å²) in [6.45, 7) is 4.26. The van der Waals surface area contributed by atoms with Gasteiger partial charge < -0.3 is 9.63 Å². The fourth-order valence-electron chi connectivity index (χ4n) is 4.87. The second-order valence-electron chi connectivity index (χ2n) is 9.31. The van der Waals surface area contributed by atoms with Crippen molar-refractivity contribution in [2.45, 2.75) is 44.4 Å². The zero-order valence-electron chi connectivity index (χ0n) is 20.4. The molecule has 3 aromatic rings. The molecule has 3 atom stereocenters. The maximum Gasteiger partial charge on any atom is 0.313 e. The summed E-state index contributed by atoms with van der Waals surface area (Å²) in [7, 11) is -3.86. The topological polar surface area (TPSA) is 63.6 Å². The molecular formula is C30H33O4P. The molecule has 4 nitrogen and oxygen atoms in total. The molecule has 0 radical (unpaired) electrons. The molecule has 0 saturated heterocycles. The van der Waals surface area contributed by atoms with Crippen molar-refractivity contribution >= 4 is 18.9 Å². The van der Waals surface area contributed by atoms with Gasteiger partial charge in [0.15, 0.2) is 0 Å². The summed E-state index contributed by atoms with van der Waals surface area (Å²) < 4.78 is 20.0. The Morgan fingerprint density at radius 1 is 1.00 bits per heavy atom. The second kappa shape index (κ2) is 10.8. The maximum atomic E-state index is 14.4. The Morgan fingerprint density at radius 3 is 2.31 bits per heavy atom.